The van der Waals surface area contributed by atoms with Gasteiger partial charge in [-0.05, 0) is 33.8 Å². The molecule has 5 heterocycles. The Balaban J connectivity index is 1.44. The Labute approximate surface area is 174 Å². The third-order valence-electron chi connectivity index (χ3n) is 5.79. The lowest BCUT2D eigenvalue weighted by molar-refractivity contribution is -0.0169. The highest BCUT2D eigenvalue weighted by molar-refractivity contribution is 5.71. The number of fused-ring (bicyclic) bond motifs is 2. The summed E-state index contributed by atoms with van der Waals surface area (Å²) >= 11 is 0. The molecule has 2 bridgehead atoms. The van der Waals surface area contributed by atoms with E-state index in [9.17, 15) is 4.79 Å². The summed E-state index contributed by atoms with van der Waals surface area (Å²) < 4.78 is 15.6. The van der Waals surface area contributed by atoms with Crippen molar-refractivity contribution in [2.75, 3.05) is 6.54 Å². The molecule has 9 nitrogen and oxygen atoms in total. The number of nitrogens with zero attached hydrogens (tertiary/aromatic N) is 6. The van der Waals surface area contributed by atoms with Gasteiger partial charge in [0.2, 0.25) is 5.88 Å². The molecule has 0 spiro atoms. The van der Waals surface area contributed by atoms with Gasteiger partial charge in [-0.1, -0.05) is 0 Å². The minimum atomic E-state index is -0.530. The standard InChI is InChI=1S/C21H26N6O3/c1-19(2,3)30-18(28)26-13-21(11-20(26,4)12-21)29-17-16-6-7-22-27(16)10-15(24-17)14-8-23-25(5)9-14/h6-10H,11-13H2,1-5H3. The zero-order chi connectivity index (χ0) is 21.3. The molecule has 9 heteroatoms. The van der Waals surface area contributed by atoms with Crippen LogP contribution in [0.3, 0.4) is 0 Å². The third-order valence-corrected chi connectivity index (χ3v) is 5.79. The van der Waals surface area contributed by atoms with Crippen molar-refractivity contribution in [3.05, 3.63) is 30.9 Å². The average Bonchev–Trinajstić information content (AvgIpc) is 3.34. The molecular weight excluding hydrogens is 384 g/mol. The van der Waals surface area contributed by atoms with Crippen LogP contribution in [0.2, 0.25) is 0 Å². The molecule has 3 aromatic rings. The zero-order valence-electron chi connectivity index (χ0n) is 17.9. The summed E-state index contributed by atoms with van der Waals surface area (Å²) in [6, 6.07) is 1.88. The van der Waals surface area contributed by atoms with Gasteiger partial charge < -0.3 is 9.47 Å². The summed E-state index contributed by atoms with van der Waals surface area (Å²) in [6.45, 7) is 8.20. The number of hydrogen-bond acceptors (Lipinski definition) is 6. The first-order chi connectivity index (χ1) is 14.1. The van der Waals surface area contributed by atoms with Crippen LogP contribution in [0.4, 0.5) is 4.79 Å². The number of hydrogen-bond donors (Lipinski definition) is 0. The second-order valence-electron chi connectivity index (χ2n) is 9.70. The summed E-state index contributed by atoms with van der Waals surface area (Å²) in [5.41, 5.74) is 1.17. The fourth-order valence-electron chi connectivity index (χ4n) is 4.70. The van der Waals surface area contributed by atoms with Crippen molar-refractivity contribution in [1.82, 2.24) is 29.3 Å². The van der Waals surface area contributed by atoms with E-state index in [4.69, 9.17) is 14.5 Å². The van der Waals surface area contributed by atoms with E-state index in [-0.39, 0.29) is 11.6 Å². The summed E-state index contributed by atoms with van der Waals surface area (Å²) in [7, 11) is 1.87. The molecule has 2 saturated heterocycles. The molecule has 3 fully saturated rings. The lowest BCUT2D eigenvalue weighted by Crippen LogP contribution is -2.54. The number of rotatable bonds is 3. The normalized spacial score (nSPS) is 25.4. The van der Waals surface area contributed by atoms with Gasteiger partial charge in [-0.15, -0.1) is 0 Å². The van der Waals surface area contributed by atoms with Crippen molar-refractivity contribution in [2.45, 2.75) is 57.3 Å². The van der Waals surface area contributed by atoms with Crippen molar-refractivity contribution in [2.24, 2.45) is 7.05 Å². The van der Waals surface area contributed by atoms with Crippen LogP contribution >= 0.6 is 0 Å². The van der Waals surface area contributed by atoms with Crippen LogP contribution in [0.5, 0.6) is 5.88 Å². The molecule has 2 aliphatic heterocycles. The molecule has 0 unspecified atom stereocenters. The summed E-state index contributed by atoms with van der Waals surface area (Å²) in [5, 5.41) is 8.60. The second-order valence-corrected chi connectivity index (χ2v) is 9.70. The van der Waals surface area contributed by atoms with Crippen LogP contribution in [-0.4, -0.2) is 58.7 Å². The quantitative estimate of drug-likeness (QED) is 0.660. The zero-order valence-corrected chi connectivity index (χ0v) is 17.9. The molecule has 0 aromatic carbocycles. The monoisotopic (exact) mass is 410 g/mol. The van der Waals surface area contributed by atoms with Crippen molar-refractivity contribution < 1.29 is 14.3 Å². The van der Waals surface area contributed by atoms with Crippen molar-refractivity contribution in [1.29, 1.82) is 0 Å². The number of amides is 1. The van der Waals surface area contributed by atoms with E-state index in [1.54, 1.807) is 26.5 Å². The van der Waals surface area contributed by atoms with Gasteiger partial charge in [0.15, 0.2) is 0 Å². The minimum absolute atomic E-state index is 0.250. The van der Waals surface area contributed by atoms with Gasteiger partial charge in [0, 0.05) is 31.6 Å². The Kier molecular flexibility index (Phi) is 3.76. The van der Waals surface area contributed by atoms with Gasteiger partial charge in [0.25, 0.3) is 0 Å². The number of carbonyl (C=O) groups excluding carboxylic acids is 1. The molecule has 0 N–H and O–H groups in total. The molecule has 1 amide bonds. The molecule has 1 aliphatic carbocycles. The predicted octanol–water partition coefficient (Wildman–Crippen LogP) is 3.05. The molecule has 6 rings (SSSR count). The van der Waals surface area contributed by atoms with Gasteiger partial charge in [-0.3, -0.25) is 9.58 Å². The number of aryl methyl sites for hydroxylation is 1. The molecule has 1 saturated carbocycles. The van der Waals surface area contributed by atoms with Crippen molar-refractivity contribution in [3.8, 4) is 17.1 Å². The predicted molar refractivity (Wildman–Crippen MR) is 109 cm³/mol. The highest BCUT2D eigenvalue weighted by atomic mass is 16.6. The second kappa shape index (κ2) is 5.96. The number of ether oxygens (including phenoxy) is 2. The summed E-state index contributed by atoms with van der Waals surface area (Å²) in [5.74, 6) is 0.516. The molecule has 30 heavy (non-hydrogen) atoms. The molecule has 3 aliphatic rings. The highest BCUT2D eigenvalue weighted by Crippen LogP contribution is 2.55. The first-order valence-electron chi connectivity index (χ1n) is 10.1. The van der Waals surface area contributed by atoms with E-state index in [1.807, 2.05) is 46.3 Å². The lowest BCUT2D eigenvalue weighted by Gasteiger charge is -2.44. The Bertz CT molecular complexity index is 1140. The fraction of sp³-hybridized carbons (Fsp3) is 0.524. The van der Waals surface area contributed by atoms with Crippen molar-refractivity contribution in [3.63, 3.8) is 0 Å². The van der Waals surface area contributed by atoms with Crippen LogP contribution in [-0.2, 0) is 11.8 Å². The van der Waals surface area contributed by atoms with E-state index >= 15 is 0 Å². The van der Waals surface area contributed by atoms with Crippen LogP contribution in [0.25, 0.3) is 16.8 Å². The highest BCUT2D eigenvalue weighted by Gasteiger charge is 2.67. The van der Waals surface area contributed by atoms with E-state index in [2.05, 4.69) is 17.1 Å². The number of carbonyl (C=O) groups is 1. The molecule has 3 aromatic heterocycles. The lowest BCUT2D eigenvalue weighted by atomic mass is 9.71. The van der Waals surface area contributed by atoms with Crippen LogP contribution in [0.15, 0.2) is 30.9 Å². The summed E-state index contributed by atoms with van der Waals surface area (Å²) in [6.07, 6.45) is 8.46. The van der Waals surface area contributed by atoms with E-state index < -0.39 is 11.2 Å². The topological polar surface area (TPSA) is 86.8 Å². The van der Waals surface area contributed by atoms with E-state index in [0.29, 0.717) is 12.4 Å². The Morgan fingerprint density at radius 1 is 1.20 bits per heavy atom. The maximum atomic E-state index is 12.7. The largest absolute Gasteiger partial charge is 0.467 e. The molecular formula is C21H26N6O3. The number of aromatic nitrogens is 5. The van der Waals surface area contributed by atoms with Gasteiger partial charge in [-0.2, -0.15) is 10.2 Å². The first kappa shape index (κ1) is 18.9. The van der Waals surface area contributed by atoms with E-state index in [0.717, 1.165) is 29.6 Å². The van der Waals surface area contributed by atoms with Crippen LogP contribution in [0, 0.1) is 0 Å². The van der Waals surface area contributed by atoms with Gasteiger partial charge >= 0.3 is 6.09 Å². The molecule has 0 atom stereocenters. The maximum Gasteiger partial charge on any atom is 0.410 e. The Morgan fingerprint density at radius 3 is 2.63 bits per heavy atom. The fourth-order valence-corrected chi connectivity index (χ4v) is 4.70. The van der Waals surface area contributed by atoms with Crippen molar-refractivity contribution >= 4 is 11.6 Å². The van der Waals surface area contributed by atoms with E-state index in [1.165, 1.54) is 0 Å². The minimum Gasteiger partial charge on any atom is -0.467 e. The smallest absolute Gasteiger partial charge is 0.410 e. The van der Waals surface area contributed by atoms with Gasteiger partial charge in [-0.25, -0.2) is 14.3 Å². The Hall–Kier alpha value is -3.10. The molecule has 158 valence electrons. The Morgan fingerprint density at radius 2 is 1.97 bits per heavy atom. The van der Waals surface area contributed by atoms with Gasteiger partial charge in [0.1, 0.15) is 16.7 Å². The van der Waals surface area contributed by atoms with Crippen LogP contribution in [0.1, 0.15) is 40.5 Å². The van der Waals surface area contributed by atoms with Crippen LogP contribution < -0.4 is 4.74 Å². The SMILES string of the molecule is Cn1cc(-c2cn3nccc3c(OC34CN(C(=O)OC(C)(C)C)C(C)(C3)C4)n2)cn1. The molecule has 0 radical (unpaired) electrons. The van der Waals surface area contributed by atoms with Gasteiger partial charge in [0.05, 0.1) is 36.4 Å². The summed E-state index contributed by atoms with van der Waals surface area (Å²) in [4.78, 5) is 19.3. The third kappa shape index (κ3) is 3.00. The average molecular weight is 410 g/mol. The first-order valence-corrected chi connectivity index (χ1v) is 10.1. The maximum absolute atomic E-state index is 12.7.